The highest BCUT2D eigenvalue weighted by molar-refractivity contribution is 7.89. The van der Waals surface area contributed by atoms with Gasteiger partial charge in [0.25, 0.3) is 0 Å². The number of aryl methyl sites for hydroxylation is 1. The minimum atomic E-state index is -3.32. The van der Waals surface area contributed by atoms with Gasteiger partial charge in [-0.3, -0.25) is 0 Å². The van der Waals surface area contributed by atoms with Crippen molar-refractivity contribution < 1.29 is 8.42 Å². The molecule has 1 atom stereocenters. The van der Waals surface area contributed by atoms with E-state index < -0.39 is 10.0 Å². The Balaban J connectivity index is 2.62. The van der Waals surface area contributed by atoms with Gasteiger partial charge in [0.15, 0.2) is 0 Å². The van der Waals surface area contributed by atoms with Crippen molar-refractivity contribution in [3.05, 3.63) is 35.4 Å². The summed E-state index contributed by atoms with van der Waals surface area (Å²) in [6.45, 7) is 3.90. The lowest BCUT2D eigenvalue weighted by atomic mass is 10.1. The maximum absolute atomic E-state index is 11.8. The number of nitrogens with zero attached hydrogens (tertiary/aromatic N) is 1. The third-order valence-corrected chi connectivity index (χ3v) is 4.48. The second-order valence-electron chi connectivity index (χ2n) is 4.52. The van der Waals surface area contributed by atoms with Crippen LogP contribution in [0.1, 0.15) is 43.9 Å². The van der Waals surface area contributed by atoms with Crippen molar-refractivity contribution in [1.29, 1.82) is 5.26 Å². The van der Waals surface area contributed by atoms with Gasteiger partial charge in [0.2, 0.25) is 10.0 Å². The van der Waals surface area contributed by atoms with Gasteiger partial charge in [-0.15, -0.1) is 0 Å². The Labute approximate surface area is 115 Å². The van der Waals surface area contributed by atoms with E-state index in [1.165, 1.54) is 5.56 Å². The van der Waals surface area contributed by atoms with E-state index in [9.17, 15) is 8.42 Å². The number of rotatable bonds is 7. The lowest BCUT2D eigenvalue weighted by Gasteiger charge is -2.14. The number of unbranched alkanes of at least 4 members (excludes halogenated alkanes) is 1. The van der Waals surface area contributed by atoms with Crippen molar-refractivity contribution in [2.75, 3.05) is 5.75 Å². The SMILES string of the molecule is CCc1ccc([C@@H](C)NS(=O)(=O)CCCC#N)cc1. The molecule has 0 aliphatic rings. The third-order valence-electron chi connectivity index (χ3n) is 2.95. The zero-order valence-corrected chi connectivity index (χ0v) is 12.2. The Morgan fingerprint density at radius 2 is 1.95 bits per heavy atom. The predicted octanol–water partition coefficient (Wildman–Crippen LogP) is 2.53. The Hall–Kier alpha value is -1.38. The third kappa shape index (κ3) is 5.41. The van der Waals surface area contributed by atoms with Crippen molar-refractivity contribution in [2.45, 2.75) is 39.2 Å². The lowest BCUT2D eigenvalue weighted by Crippen LogP contribution is -2.29. The zero-order chi connectivity index (χ0) is 14.3. The summed E-state index contributed by atoms with van der Waals surface area (Å²) >= 11 is 0. The second-order valence-corrected chi connectivity index (χ2v) is 6.39. The van der Waals surface area contributed by atoms with Crippen LogP contribution in [0.5, 0.6) is 0 Å². The zero-order valence-electron chi connectivity index (χ0n) is 11.4. The summed E-state index contributed by atoms with van der Waals surface area (Å²) in [4.78, 5) is 0. The molecule has 0 aromatic heterocycles. The maximum Gasteiger partial charge on any atom is 0.212 e. The molecule has 19 heavy (non-hydrogen) atoms. The molecule has 1 aromatic rings. The van der Waals surface area contributed by atoms with E-state index in [2.05, 4.69) is 11.6 Å². The Bertz CT molecular complexity index is 530. The summed E-state index contributed by atoms with van der Waals surface area (Å²) in [6.07, 6.45) is 1.60. The first kappa shape index (κ1) is 15.7. The molecule has 0 fully saturated rings. The first-order valence-corrected chi connectivity index (χ1v) is 8.09. The minimum Gasteiger partial charge on any atom is -0.212 e. The molecule has 0 aliphatic carbocycles. The van der Waals surface area contributed by atoms with Gasteiger partial charge in [0, 0.05) is 12.5 Å². The predicted molar refractivity (Wildman–Crippen MR) is 76.0 cm³/mol. The first-order valence-electron chi connectivity index (χ1n) is 6.44. The van der Waals surface area contributed by atoms with Gasteiger partial charge in [-0.2, -0.15) is 5.26 Å². The standard InChI is InChI=1S/C14H20N2O2S/c1-3-13-6-8-14(9-7-13)12(2)16-19(17,18)11-5-4-10-15/h6-9,12,16H,3-5,11H2,1-2H3/t12-/m1/s1. The van der Waals surface area contributed by atoms with Crippen molar-refractivity contribution in [2.24, 2.45) is 0 Å². The van der Waals surface area contributed by atoms with Crippen LogP contribution in [0.2, 0.25) is 0 Å². The number of benzene rings is 1. The van der Waals surface area contributed by atoms with Crippen molar-refractivity contribution in [3.8, 4) is 6.07 Å². The van der Waals surface area contributed by atoms with Gasteiger partial charge in [0.05, 0.1) is 11.8 Å². The number of hydrogen-bond acceptors (Lipinski definition) is 3. The Morgan fingerprint density at radius 1 is 1.32 bits per heavy atom. The smallest absolute Gasteiger partial charge is 0.212 e. The topological polar surface area (TPSA) is 70.0 Å². The number of nitrogens with one attached hydrogen (secondary N) is 1. The first-order chi connectivity index (χ1) is 8.98. The molecule has 5 heteroatoms. The quantitative estimate of drug-likeness (QED) is 0.780. The minimum absolute atomic E-state index is 0.00204. The van der Waals surface area contributed by atoms with E-state index in [0.29, 0.717) is 6.42 Å². The average Bonchev–Trinajstić information content (AvgIpc) is 2.38. The molecule has 0 unspecified atom stereocenters. The molecule has 1 rings (SSSR count). The molecule has 104 valence electrons. The van der Waals surface area contributed by atoms with Crippen LogP contribution in [0.15, 0.2) is 24.3 Å². The second kappa shape index (κ2) is 7.27. The molecule has 1 aromatic carbocycles. The highest BCUT2D eigenvalue weighted by Crippen LogP contribution is 2.15. The average molecular weight is 280 g/mol. The molecular weight excluding hydrogens is 260 g/mol. The molecule has 0 amide bonds. The fraction of sp³-hybridized carbons (Fsp3) is 0.500. The molecule has 4 nitrogen and oxygen atoms in total. The highest BCUT2D eigenvalue weighted by atomic mass is 32.2. The lowest BCUT2D eigenvalue weighted by molar-refractivity contribution is 0.564. The van der Waals surface area contributed by atoms with E-state index in [4.69, 9.17) is 5.26 Å². The molecule has 0 saturated carbocycles. The molecule has 0 heterocycles. The van der Waals surface area contributed by atoms with Crippen LogP contribution < -0.4 is 4.72 Å². The van der Waals surface area contributed by atoms with Gasteiger partial charge in [-0.25, -0.2) is 13.1 Å². The fourth-order valence-electron chi connectivity index (χ4n) is 1.78. The van der Waals surface area contributed by atoms with E-state index in [1.54, 1.807) is 0 Å². The summed E-state index contributed by atoms with van der Waals surface area (Å²) in [5.74, 6) is -0.00204. The van der Waals surface area contributed by atoms with Crippen LogP contribution in [0, 0.1) is 11.3 Å². The van der Waals surface area contributed by atoms with Crippen LogP contribution in [-0.2, 0) is 16.4 Å². The van der Waals surface area contributed by atoms with Crippen molar-refractivity contribution >= 4 is 10.0 Å². The normalized spacial score (nSPS) is 12.9. The molecule has 0 bridgehead atoms. The Kier molecular flexibility index (Phi) is 6.00. The van der Waals surface area contributed by atoms with Gasteiger partial charge in [-0.1, -0.05) is 31.2 Å². The van der Waals surface area contributed by atoms with E-state index >= 15 is 0 Å². The highest BCUT2D eigenvalue weighted by Gasteiger charge is 2.15. The van der Waals surface area contributed by atoms with Crippen LogP contribution in [-0.4, -0.2) is 14.2 Å². The van der Waals surface area contributed by atoms with Crippen molar-refractivity contribution in [3.63, 3.8) is 0 Å². The number of sulfonamides is 1. The molecule has 0 saturated heterocycles. The molecule has 0 radical (unpaired) electrons. The van der Waals surface area contributed by atoms with Gasteiger partial charge in [0.1, 0.15) is 0 Å². The summed E-state index contributed by atoms with van der Waals surface area (Å²) in [6, 6.07) is 9.60. The maximum atomic E-state index is 11.8. The summed E-state index contributed by atoms with van der Waals surface area (Å²) < 4.78 is 26.2. The van der Waals surface area contributed by atoms with Gasteiger partial charge >= 0.3 is 0 Å². The van der Waals surface area contributed by atoms with Gasteiger partial charge in [-0.05, 0) is 30.9 Å². The number of hydrogen-bond donors (Lipinski definition) is 1. The molecule has 1 N–H and O–H groups in total. The summed E-state index contributed by atoms with van der Waals surface area (Å²) in [5.41, 5.74) is 2.17. The van der Waals surface area contributed by atoms with Crippen molar-refractivity contribution in [1.82, 2.24) is 4.72 Å². The fourth-order valence-corrected chi connectivity index (χ4v) is 3.10. The van der Waals surface area contributed by atoms with E-state index in [1.807, 2.05) is 37.3 Å². The summed E-state index contributed by atoms with van der Waals surface area (Å²) in [5, 5.41) is 8.41. The Morgan fingerprint density at radius 3 is 2.47 bits per heavy atom. The monoisotopic (exact) mass is 280 g/mol. The summed E-state index contributed by atoms with van der Waals surface area (Å²) in [7, 11) is -3.32. The molecule has 0 spiro atoms. The number of nitriles is 1. The van der Waals surface area contributed by atoms with Gasteiger partial charge < -0.3 is 0 Å². The van der Waals surface area contributed by atoms with Crippen LogP contribution in [0.25, 0.3) is 0 Å². The van der Waals surface area contributed by atoms with Crippen LogP contribution >= 0.6 is 0 Å². The van der Waals surface area contributed by atoms with Crippen LogP contribution in [0.4, 0.5) is 0 Å². The van der Waals surface area contributed by atoms with Crippen LogP contribution in [0.3, 0.4) is 0 Å². The molecular formula is C14H20N2O2S. The van der Waals surface area contributed by atoms with E-state index in [-0.39, 0.29) is 18.2 Å². The van der Waals surface area contributed by atoms with E-state index in [0.717, 1.165) is 12.0 Å². The molecule has 0 aliphatic heterocycles. The largest absolute Gasteiger partial charge is 0.212 e.